The van der Waals surface area contributed by atoms with Crippen molar-refractivity contribution in [1.82, 2.24) is 5.32 Å². The Bertz CT molecular complexity index is 435. The van der Waals surface area contributed by atoms with Crippen LogP contribution in [-0.2, 0) is 4.79 Å². The molecule has 0 bridgehead atoms. The summed E-state index contributed by atoms with van der Waals surface area (Å²) in [5.74, 6) is -0.124. The maximum absolute atomic E-state index is 11.5. The molecule has 1 rings (SSSR count). The Hall–Kier alpha value is -1.79. The van der Waals surface area contributed by atoms with Crippen LogP contribution in [0.25, 0.3) is 0 Å². The molecule has 0 aliphatic carbocycles. The van der Waals surface area contributed by atoms with Crippen LogP contribution in [0.4, 0.5) is 16.2 Å². The molecule has 7 heteroatoms. The van der Waals surface area contributed by atoms with E-state index >= 15 is 0 Å². The Labute approximate surface area is 124 Å². The minimum absolute atomic E-state index is 0. The first kappa shape index (κ1) is 18.2. The summed E-state index contributed by atoms with van der Waals surface area (Å²) in [6, 6.07) is 6.71. The van der Waals surface area contributed by atoms with E-state index in [9.17, 15) is 9.59 Å². The molecule has 0 saturated heterocycles. The van der Waals surface area contributed by atoms with Crippen molar-refractivity contribution < 1.29 is 9.59 Å². The van der Waals surface area contributed by atoms with Gasteiger partial charge >= 0.3 is 6.03 Å². The van der Waals surface area contributed by atoms with Gasteiger partial charge in [-0.25, -0.2) is 4.79 Å². The highest BCUT2D eigenvalue weighted by Crippen LogP contribution is 2.13. The molecule has 0 aliphatic rings. The molecule has 0 unspecified atom stereocenters. The summed E-state index contributed by atoms with van der Waals surface area (Å²) in [5, 5.41) is 8.13. The molecule has 112 valence electrons. The lowest BCUT2D eigenvalue weighted by Crippen LogP contribution is -2.34. The molecule has 0 spiro atoms. The first-order valence-electron chi connectivity index (χ1n) is 6.18. The average molecular weight is 301 g/mol. The lowest BCUT2D eigenvalue weighted by atomic mass is 10.2. The van der Waals surface area contributed by atoms with E-state index in [2.05, 4.69) is 16.0 Å². The molecule has 6 nitrogen and oxygen atoms in total. The first-order valence-corrected chi connectivity index (χ1v) is 6.18. The molecule has 0 atom stereocenters. The summed E-state index contributed by atoms with van der Waals surface area (Å²) in [6.07, 6.45) is 0.288. The highest BCUT2D eigenvalue weighted by atomic mass is 35.5. The van der Waals surface area contributed by atoms with Crippen LogP contribution in [0, 0.1) is 0 Å². The third-order valence-electron chi connectivity index (χ3n) is 2.22. The van der Waals surface area contributed by atoms with E-state index in [1.54, 1.807) is 24.3 Å². The van der Waals surface area contributed by atoms with Crippen LogP contribution >= 0.6 is 12.4 Å². The fraction of sp³-hybridized carbons (Fsp3) is 0.385. The number of benzene rings is 1. The van der Waals surface area contributed by atoms with E-state index in [4.69, 9.17) is 5.73 Å². The van der Waals surface area contributed by atoms with Crippen LogP contribution in [0.15, 0.2) is 24.3 Å². The summed E-state index contributed by atoms with van der Waals surface area (Å²) in [4.78, 5) is 22.8. The van der Waals surface area contributed by atoms with Crippen molar-refractivity contribution in [2.75, 3.05) is 17.2 Å². The number of rotatable bonds is 5. The van der Waals surface area contributed by atoms with Gasteiger partial charge in [0.25, 0.3) is 0 Å². The number of nitrogens with one attached hydrogen (secondary N) is 3. The van der Waals surface area contributed by atoms with Crippen LogP contribution in [-0.4, -0.2) is 24.5 Å². The third-order valence-corrected chi connectivity index (χ3v) is 2.22. The van der Waals surface area contributed by atoms with Crippen LogP contribution in [0.5, 0.6) is 0 Å². The highest BCUT2D eigenvalue weighted by Gasteiger charge is 2.04. The molecular formula is C13H21ClN4O2. The van der Waals surface area contributed by atoms with Crippen LogP contribution in [0.1, 0.15) is 20.3 Å². The monoisotopic (exact) mass is 300 g/mol. The number of carbonyl (C=O) groups is 2. The highest BCUT2D eigenvalue weighted by molar-refractivity contribution is 5.92. The Morgan fingerprint density at radius 3 is 2.05 bits per heavy atom. The SMILES string of the molecule is CC(C)NC(=O)Nc1ccc(NC(=O)CCN)cc1.Cl. The van der Waals surface area contributed by atoms with Gasteiger partial charge in [-0.15, -0.1) is 12.4 Å². The van der Waals surface area contributed by atoms with Gasteiger partial charge in [0.15, 0.2) is 0 Å². The van der Waals surface area contributed by atoms with Crippen molar-refractivity contribution in [3.8, 4) is 0 Å². The minimum Gasteiger partial charge on any atom is -0.336 e. The van der Waals surface area contributed by atoms with Gasteiger partial charge in [0, 0.05) is 30.4 Å². The van der Waals surface area contributed by atoms with Gasteiger partial charge in [-0.1, -0.05) is 0 Å². The third kappa shape index (κ3) is 6.96. The lowest BCUT2D eigenvalue weighted by Gasteiger charge is -2.10. The molecule has 1 aromatic rings. The second-order valence-electron chi connectivity index (χ2n) is 4.42. The van der Waals surface area contributed by atoms with E-state index in [-0.39, 0.29) is 36.8 Å². The number of nitrogens with two attached hydrogens (primary N) is 1. The summed E-state index contributed by atoms with van der Waals surface area (Å²) < 4.78 is 0. The van der Waals surface area contributed by atoms with E-state index in [0.717, 1.165) is 0 Å². The van der Waals surface area contributed by atoms with Gasteiger partial charge in [0.05, 0.1) is 0 Å². The summed E-state index contributed by atoms with van der Waals surface area (Å²) in [5.41, 5.74) is 6.62. The molecule has 3 amide bonds. The molecule has 1 aromatic carbocycles. The predicted molar refractivity (Wildman–Crippen MR) is 83.3 cm³/mol. The van der Waals surface area contributed by atoms with Crippen LogP contribution in [0.2, 0.25) is 0 Å². The second kappa shape index (κ2) is 9.17. The van der Waals surface area contributed by atoms with Crippen molar-refractivity contribution in [3.63, 3.8) is 0 Å². The number of halogens is 1. The fourth-order valence-corrected chi connectivity index (χ4v) is 1.42. The van der Waals surface area contributed by atoms with Gasteiger partial charge in [0.2, 0.25) is 5.91 Å². The van der Waals surface area contributed by atoms with Crippen molar-refractivity contribution >= 4 is 35.7 Å². The zero-order valence-corrected chi connectivity index (χ0v) is 12.4. The summed E-state index contributed by atoms with van der Waals surface area (Å²) in [7, 11) is 0. The smallest absolute Gasteiger partial charge is 0.319 e. The molecule has 0 heterocycles. The Kier molecular flexibility index (Phi) is 8.35. The number of urea groups is 1. The molecular weight excluding hydrogens is 280 g/mol. The quantitative estimate of drug-likeness (QED) is 0.669. The molecule has 0 saturated carbocycles. The van der Waals surface area contributed by atoms with Crippen molar-refractivity contribution in [3.05, 3.63) is 24.3 Å². The van der Waals surface area contributed by atoms with Crippen molar-refractivity contribution in [1.29, 1.82) is 0 Å². The first-order chi connectivity index (χ1) is 9.01. The minimum atomic E-state index is -0.255. The van der Waals surface area contributed by atoms with E-state index < -0.39 is 0 Å². The van der Waals surface area contributed by atoms with Crippen molar-refractivity contribution in [2.24, 2.45) is 5.73 Å². The van der Waals surface area contributed by atoms with Gasteiger partial charge in [-0.2, -0.15) is 0 Å². The Morgan fingerprint density at radius 2 is 1.60 bits per heavy atom. The maximum atomic E-state index is 11.5. The molecule has 0 aliphatic heterocycles. The Balaban J connectivity index is 0.00000361. The number of hydrogen-bond acceptors (Lipinski definition) is 3. The molecule has 0 radical (unpaired) electrons. The topological polar surface area (TPSA) is 96.2 Å². The van der Waals surface area contributed by atoms with Gasteiger partial charge in [0.1, 0.15) is 0 Å². The maximum Gasteiger partial charge on any atom is 0.319 e. The predicted octanol–water partition coefficient (Wildman–Crippen LogP) is 1.93. The van der Waals surface area contributed by atoms with Crippen molar-refractivity contribution in [2.45, 2.75) is 26.3 Å². The molecule has 0 fully saturated rings. The number of hydrogen-bond donors (Lipinski definition) is 4. The number of amides is 3. The normalized spacial score (nSPS) is 9.60. The molecule has 5 N–H and O–H groups in total. The standard InChI is InChI=1S/C13H20N4O2.ClH/c1-9(2)15-13(19)17-11-5-3-10(4-6-11)16-12(18)7-8-14;/h3-6,9H,7-8,14H2,1-2H3,(H,16,18)(H2,15,17,19);1H. The van der Waals surface area contributed by atoms with E-state index in [1.165, 1.54) is 0 Å². The summed E-state index contributed by atoms with van der Waals surface area (Å²) >= 11 is 0. The van der Waals surface area contributed by atoms with Gasteiger partial charge < -0.3 is 21.7 Å². The fourth-order valence-electron chi connectivity index (χ4n) is 1.42. The van der Waals surface area contributed by atoms with Crippen LogP contribution < -0.4 is 21.7 Å². The zero-order chi connectivity index (χ0) is 14.3. The zero-order valence-electron chi connectivity index (χ0n) is 11.6. The average Bonchev–Trinajstić information content (AvgIpc) is 2.31. The second-order valence-corrected chi connectivity index (χ2v) is 4.42. The number of carbonyl (C=O) groups excluding carboxylic acids is 2. The lowest BCUT2D eigenvalue weighted by molar-refractivity contribution is -0.116. The number of anilines is 2. The van der Waals surface area contributed by atoms with Gasteiger partial charge in [-0.3, -0.25) is 4.79 Å². The molecule has 0 aromatic heterocycles. The largest absolute Gasteiger partial charge is 0.336 e. The van der Waals surface area contributed by atoms with E-state index in [0.29, 0.717) is 17.9 Å². The van der Waals surface area contributed by atoms with E-state index in [1.807, 2.05) is 13.8 Å². The molecule has 20 heavy (non-hydrogen) atoms. The van der Waals surface area contributed by atoms with Gasteiger partial charge in [-0.05, 0) is 38.1 Å². The van der Waals surface area contributed by atoms with Crippen LogP contribution in [0.3, 0.4) is 0 Å². The Morgan fingerprint density at radius 1 is 1.10 bits per heavy atom. The summed E-state index contributed by atoms with van der Waals surface area (Å²) in [6.45, 7) is 4.09.